The molecule has 1 aliphatic rings. The maximum atomic E-state index is 6.09. The molecule has 0 radical (unpaired) electrons. The van der Waals surface area contributed by atoms with E-state index in [1.807, 2.05) is 0 Å². The lowest BCUT2D eigenvalue weighted by atomic mass is 10.2. The van der Waals surface area contributed by atoms with Gasteiger partial charge in [0.05, 0.1) is 0 Å². The molecule has 15 heavy (non-hydrogen) atoms. The molecule has 0 N–H and O–H groups in total. The molecule has 1 unspecified atom stereocenters. The quantitative estimate of drug-likeness (QED) is 0.743. The molecule has 2 heterocycles. The monoisotopic (exact) mass is 244 g/mol. The van der Waals surface area contributed by atoms with Crippen molar-refractivity contribution >= 4 is 23.2 Å². The highest BCUT2D eigenvalue weighted by atomic mass is 35.5. The number of likely N-dealkylation sites (tertiary alicyclic amines) is 1. The summed E-state index contributed by atoms with van der Waals surface area (Å²) in [4.78, 5) is 6.46. The smallest absolute Gasteiger partial charge is 0.130 e. The Bertz CT molecular complexity index is 354. The minimum atomic E-state index is 0.457. The second kappa shape index (κ2) is 4.69. The van der Waals surface area contributed by atoms with Crippen molar-refractivity contribution in [2.75, 3.05) is 13.1 Å². The van der Waals surface area contributed by atoms with E-state index in [1.165, 1.54) is 6.42 Å². The van der Waals surface area contributed by atoms with Crippen LogP contribution in [-0.2, 0) is 6.54 Å². The molecule has 0 amide bonds. The van der Waals surface area contributed by atoms with E-state index < -0.39 is 0 Å². The highest BCUT2D eigenvalue weighted by Crippen LogP contribution is 2.23. The molecule has 1 aliphatic heterocycles. The molecule has 0 spiro atoms. The first-order valence-electron chi connectivity index (χ1n) is 5.17. The van der Waals surface area contributed by atoms with Gasteiger partial charge < -0.3 is 0 Å². The fourth-order valence-corrected chi connectivity index (χ4v) is 2.39. The van der Waals surface area contributed by atoms with E-state index in [9.17, 15) is 0 Å². The summed E-state index contributed by atoms with van der Waals surface area (Å²) in [5, 5.41) is 1.17. The molecule has 1 saturated heterocycles. The summed E-state index contributed by atoms with van der Waals surface area (Å²) < 4.78 is 0. The predicted octanol–water partition coefficient (Wildman–Crippen LogP) is 3.23. The van der Waals surface area contributed by atoms with E-state index in [0.717, 1.165) is 36.1 Å². The SMILES string of the molecule is CC1CCN(Cc2cnc(Cl)cc2Cl)C1. The van der Waals surface area contributed by atoms with Crippen molar-refractivity contribution < 1.29 is 0 Å². The van der Waals surface area contributed by atoms with Gasteiger partial charge in [0.25, 0.3) is 0 Å². The molecule has 0 aromatic carbocycles. The maximum Gasteiger partial charge on any atom is 0.130 e. The predicted molar refractivity (Wildman–Crippen MR) is 63.3 cm³/mol. The van der Waals surface area contributed by atoms with Crippen LogP contribution in [0.15, 0.2) is 12.3 Å². The Morgan fingerprint density at radius 3 is 2.93 bits per heavy atom. The molecule has 1 fully saturated rings. The molecule has 2 rings (SSSR count). The van der Waals surface area contributed by atoms with Crippen LogP contribution >= 0.6 is 23.2 Å². The van der Waals surface area contributed by atoms with E-state index >= 15 is 0 Å². The average molecular weight is 245 g/mol. The van der Waals surface area contributed by atoms with E-state index in [-0.39, 0.29) is 0 Å². The second-order valence-corrected chi connectivity index (χ2v) is 5.02. The highest BCUT2D eigenvalue weighted by molar-refractivity contribution is 6.34. The molecule has 2 nitrogen and oxygen atoms in total. The van der Waals surface area contributed by atoms with Gasteiger partial charge in [0.2, 0.25) is 0 Å². The molecular formula is C11H14Cl2N2. The van der Waals surface area contributed by atoms with E-state index in [2.05, 4.69) is 16.8 Å². The lowest BCUT2D eigenvalue weighted by Crippen LogP contribution is -2.19. The maximum absolute atomic E-state index is 6.09. The van der Waals surface area contributed by atoms with Gasteiger partial charge >= 0.3 is 0 Å². The largest absolute Gasteiger partial charge is 0.299 e. The lowest BCUT2D eigenvalue weighted by molar-refractivity contribution is 0.320. The summed E-state index contributed by atoms with van der Waals surface area (Å²) in [5.74, 6) is 0.795. The first-order valence-corrected chi connectivity index (χ1v) is 5.93. The van der Waals surface area contributed by atoms with Crippen LogP contribution in [0, 0.1) is 5.92 Å². The molecule has 82 valence electrons. The Morgan fingerprint density at radius 1 is 1.53 bits per heavy atom. The Labute approximate surface area is 100 Å². The Kier molecular flexibility index (Phi) is 3.49. The Balaban J connectivity index is 2.04. The van der Waals surface area contributed by atoms with Crippen LogP contribution in [0.5, 0.6) is 0 Å². The first kappa shape index (κ1) is 11.2. The molecular weight excluding hydrogens is 231 g/mol. The van der Waals surface area contributed by atoms with Crippen molar-refractivity contribution in [1.29, 1.82) is 0 Å². The molecule has 1 atom stereocenters. The summed E-state index contributed by atoms with van der Waals surface area (Å²) in [5.41, 5.74) is 1.06. The molecule has 1 aromatic heterocycles. The van der Waals surface area contributed by atoms with Crippen molar-refractivity contribution in [2.24, 2.45) is 5.92 Å². The summed E-state index contributed by atoms with van der Waals surface area (Å²) in [7, 11) is 0. The van der Waals surface area contributed by atoms with Crippen molar-refractivity contribution in [3.8, 4) is 0 Å². The minimum Gasteiger partial charge on any atom is -0.299 e. The van der Waals surface area contributed by atoms with Crippen molar-refractivity contribution in [3.63, 3.8) is 0 Å². The average Bonchev–Trinajstić information content (AvgIpc) is 2.56. The zero-order chi connectivity index (χ0) is 10.8. The zero-order valence-corrected chi connectivity index (χ0v) is 10.2. The zero-order valence-electron chi connectivity index (χ0n) is 8.71. The van der Waals surface area contributed by atoms with E-state index in [4.69, 9.17) is 23.2 Å². The highest BCUT2D eigenvalue weighted by Gasteiger charge is 2.19. The van der Waals surface area contributed by atoms with Gasteiger partial charge in [0.15, 0.2) is 0 Å². The van der Waals surface area contributed by atoms with Crippen LogP contribution in [0.2, 0.25) is 10.2 Å². The van der Waals surface area contributed by atoms with Crippen LogP contribution in [0.3, 0.4) is 0 Å². The van der Waals surface area contributed by atoms with E-state index in [0.29, 0.717) is 5.15 Å². The second-order valence-electron chi connectivity index (χ2n) is 4.23. The normalized spacial score (nSPS) is 22.2. The summed E-state index contributed by atoms with van der Waals surface area (Å²) >= 11 is 11.8. The standard InChI is InChI=1S/C11H14Cl2N2/c1-8-2-3-15(6-8)7-9-5-14-11(13)4-10(9)12/h4-5,8H,2-3,6-7H2,1H3. The fourth-order valence-electron chi connectivity index (χ4n) is 1.96. The van der Waals surface area contributed by atoms with Gasteiger partial charge in [-0.05, 0) is 24.9 Å². The molecule has 0 bridgehead atoms. The van der Waals surface area contributed by atoms with Crippen LogP contribution in [0.25, 0.3) is 0 Å². The summed E-state index contributed by atoms with van der Waals surface area (Å²) in [6.45, 7) is 5.47. The Hall–Kier alpha value is -0.310. The van der Waals surface area contributed by atoms with Gasteiger partial charge in [-0.3, -0.25) is 4.90 Å². The van der Waals surface area contributed by atoms with Gasteiger partial charge in [0.1, 0.15) is 5.15 Å². The lowest BCUT2D eigenvalue weighted by Gasteiger charge is -2.15. The molecule has 1 aromatic rings. The van der Waals surface area contributed by atoms with Gasteiger partial charge in [-0.25, -0.2) is 4.98 Å². The first-order chi connectivity index (χ1) is 7.15. The summed E-state index contributed by atoms with van der Waals surface area (Å²) in [6, 6.07) is 1.71. The molecule has 4 heteroatoms. The van der Waals surface area contributed by atoms with Gasteiger partial charge in [-0.1, -0.05) is 30.1 Å². The summed E-state index contributed by atoms with van der Waals surface area (Å²) in [6.07, 6.45) is 3.05. The van der Waals surface area contributed by atoms with Gasteiger partial charge in [-0.2, -0.15) is 0 Å². The molecule has 0 aliphatic carbocycles. The third-order valence-corrected chi connectivity index (χ3v) is 3.36. The van der Waals surface area contributed by atoms with Crippen LogP contribution < -0.4 is 0 Å². The number of hydrogen-bond acceptors (Lipinski definition) is 2. The van der Waals surface area contributed by atoms with Crippen molar-refractivity contribution in [3.05, 3.63) is 28.0 Å². The number of hydrogen-bond donors (Lipinski definition) is 0. The minimum absolute atomic E-state index is 0.457. The topological polar surface area (TPSA) is 16.1 Å². The number of nitrogens with zero attached hydrogens (tertiary/aromatic N) is 2. The van der Waals surface area contributed by atoms with Crippen LogP contribution in [0.1, 0.15) is 18.9 Å². The Morgan fingerprint density at radius 2 is 2.33 bits per heavy atom. The number of halogens is 2. The van der Waals surface area contributed by atoms with Crippen LogP contribution in [0.4, 0.5) is 0 Å². The van der Waals surface area contributed by atoms with Crippen molar-refractivity contribution in [2.45, 2.75) is 19.9 Å². The number of aromatic nitrogens is 1. The number of rotatable bonds is 2. The fraction of sp³-hybridized carbons (Fsp3) is 0.545. The molecule has 0 saturated carbocycles. The van der Waals surface area contributed by atoms with Gasteiger partial charge in [-0.15, -0.1) is 0 Å². The van der Waals surface area contributed by atoms with E-state index in [1.54, 1.807) is 12.3 Å². The number of pyridine rings is 1. The van der Waals surface area contributed by atoms with Crippen LogP contribution in [-0.4, -0.2) is 23.0 Å². The van der Waals surface area contributed by atoms with Crippen molar-refractivity contribution in [1.82, 2.24) is 9.88 Å². The van der Waals surface area contributed by atoms with Gasteiger partial charge in [0, 0.05) is 29.9 Å². The third-order valence-electron chi connectivity index (χ3n) is 2.80. The third kappa shape index (κ3) is 2.83.